The van der Waals surface area contributed by atoms with Gasteiger partial charge in [0.1, 0.15) is 5.15 Å². The van der Waals surface area contributed by atoms with Gasteiger partial charge in [-0.05, 0) is 13.0 Å². The number of ether oxygens (including phenoxy) is 1. The van der Waals surface area contributed by atoms with Crippen molar-refractivity contribution in [1.82, 2.24) is 4.98 Å². The maximum atomic E-state index is 13.1. The summed E-state index contributed by atoms with van der Waals surface area (Å²) in [5.74, 6) is -2.52. The molecule has 16 heavy (non-hydrogen) atoms. The highest BCUT2D eigenvalue weighted by atomic mass is 35.5. The predicted octanol–water partition coefficient (Wildman–Crippen LogP) is 2.99. The Hall–Kier alpha value is -1.30. The second kappa shape index (κ2) is 5.16. The molecule has 7 heteroatoms. The van der Waals surface area contributed by atoms with E-state index in [9.17, 15) is 18.0 Å². The fraction of sp³-hybridized carbons (Fsp3) is 0.333. The summed E-state index contributed by atoms with van der Waals surface area (Å²) >= 11 is 5.37. The molecule has 0 atom stereocenters. The van der Waals surface area contributed by atoms with Gasteiger partial charge in [-0.1, -0.05) is 11.6 Å². The summed E-state index contributed by atoms with van der Waals surface area (Å²) in [7, 11) is 0. The molecule has 0 aliphatic rings. The molecule has 0 amide bonds. The first-order valence-corrected chi connectivity index (χ1v) is 4.66. The topological polar surface area (TPSA) is 39.2 Å². The smallest absolute Gasteiger partial charge is 0.338 e. The van der Waals surface area contributed by atoms with Gasteiger partial charge in [0.15, 0.2) is 0 Å². The van der Waals surface area contributed by atoms with Crippen molar-refractivity contribution in [2.45, 2.75) is 13.3 Å². The van der Waals surface area contributed by atoms with Gasteiger partial charge in [-0.15, -0.1) is 0 Å². The van der Waals surface area contributed by atoms with Crippen LogP contribution in [0.2, 0.25) is 5.15 Å². The van der Waals surface area contributed by atoms with Crippen LogP contribution in [0.15, 0.2) is 6.07 Å². The average molecular weight is 254 g/mol. The number of hydrogen-bond acceptors (Lipinski definition) is 3. The molecule has 1 aromatic heterocycles. The van der Waals surface area contributed by atoms with Gasteiger partial charge in [0.05, 0.1) is 17.7 Å². The zero-order valence-electron chi connectivity index (χ0n) is 8.14. The molecule has 0 saturated carbocycles. The van der Waals surface area contributed by atoms with Crippen molar-refractivity contribution in [3.63, 3.8) is 0 Å². The van der Waals surface area contributed by atoms with E-state index >= 15 is 0 Å². The van der Waals surface area contributed by atoms with Crippen LogP contribution in [0.1, 0.15) is 29.3 Å². The van der Waals surface area contributed by atoms with E-state index in [0.717, 1.165) is 6.07 Å². The molecule has 0 saturated heterocycles. The van der Waals surface area contributed by atoms with Gasteiger partial charge in [0.2, 0.25) is 5.95 Å². The van der Waals surface area contributed by atoms with Crippen LogP contribution in [-0.2, 0) is 4.74 Å². The van der Waals surface area contributed by atoms with Crippen molar-refractivity contribution in [1.29, 1.82) is 0 Å². The lowest BCUT2D eigenvalue weighted by atomic mass is 10.1. The Balaban J connectivity index is 3.29. The van der Waals surface area contributed by atoms with Gasteiger partial charge in [0, 0.05) is 0 Å². The first kappa shape index (κ1) is 12.8. The van der Waals surface area contributed by atoms with Crippen molar-refractivity contribution in [3.8, 4) is 0 Å². The summed E-state index contributed by atoms with van der Waals surface area (Å²) in [5, 5.41) is -0.384. The SMILES string of the molecule is CCOC(=O)c1cc(Cl)nc(F)c1C(F)F. The number of esters is 1. The van der Waals surface area contributed by atoms with Crippen LogP contribution in [0.3, 0.4) is 0 Å². The van der Waals surface area contributed by atoms with E-state index in [-0.39, 0.29) is 11.8 Å². The summed E-state index contributed by atoms with van der Waals surface area (Å²) in [6, 6.07) is 0.851. The first-order valence-electron chi connectivity index (χ1n) is 4.28. The molecular formula is C9H7ClF3NO2. The van der Waals surface area contributed by atoms with Gasteiger partial charge in [-0.2, -0.15) is 4.39 Å². The molecule has 1 heterocycles. The number of halogens is 4. The Bertz CT molecular complexity index is 412. The van der Waals surface area contributed by atoms with E-state index < -0.39 is 29.5 Å². The van der Waals surface area contributed by atoms with Crippen molar-refractivity contribution in [3.05, 3.63) is 28.3 Å². The first-order chi connectivity index (χ1) is 7.47. The van der Waals surface area contributed by atoms with Crippen LogP contribution in [0.4, 0.5) is 13.2 Å². The molecule has 0 radical (unpaired) electrons. The maximum Gasteiger partial charge on any atom is 0.338 e. The lowest BCUT2D eigenvalue weighted by Gasteiger charge is -2.08. The van der Waals surface area contributed by atoms with Crippen molar-refractivity contribution in [2.75, 3.05) is 6.61 Å². The third-order valence-corrected chi connectivity index (χ3v) is 1.89. The van der Waals surface area contributed by atoms with Gasteiger partial charge in [0.25, 0.3) is 6.43 Å². The Morgan fingerprint density at radius 3 is 2.75 bits per heavy atom. The highest BCUT2D eigenvalue weighted by Crippen LogP contribution is 2.27. The fourth-order valence-corrected chi connectivity index (χ4v) is 1.26. The van der Waals surface area contributed by atoms with E-state index in [2.05, 4.69) is 9.72 Å². The molecule has 0 fully saturated rings. The molecule has 0 bridgehead atoms. The quantitative estimate of drug-likeness (QED) is 0.614. The van der Waals surface area contributed by atoms with Crippen LogP contribution in [0, 0.1) is 5.95 Å². The number of carbonyl (C=O) groups excluding carboxylic acids is 1. The molecule has 3 nitrogen and oxygen atoms in total. The van der Waals surface area contributed by atoms with Crippen molar-refractivity contribution >= 4 is 17.6 Å². The molecule has 0 aromatic carbocycles. The van der Waals surface area contributed by atoms with Crippen LogP contribution in [-0.4, -0.2) is 17.6 Å². The maximum absolute atomic E-state index is 13.1. The van der Waals surface area contributed by atoms with E-state index in [4.69, 9.17) is 11.6 Å². The van der Waals surface area contributed by atoms with Crippen LogP contribution in [0.5, 0.6) is 0 Å². The van der Waals surface area contributed by atoms with E-state index in [1.807, 2.05) is 0 Å². The lowest BCUT2D eigenvalue weighted by molar-refractivity contribution is 0.0512. The van der Waals surface area contributed by atoms with Crippen LogP contribution >= 0.6 is 11.6 Å². The standard InChI is InChI=1S/C9H7ClF3NO2/c1-2-16-9(15)4-3-5(10)14-8(13)6(4)7(11)12/h3,7H,2H2,1H3. The Morgan fingerprint density at radius 2 is 2.25 bits per heavy atom. The number of aromatic nitrogens is 1. The van der Waals surface area contributed by atoms with Gasteiger partial charge in [-0.25, -0.2) is 18.6 Å². The summed E-state index contributed by atoms with van der Waals surface area (Å²) < 4.78 is 42.6. The number of pyridine rings is 1. The normalized spacial score (nSPS) is 10.6. The predicted molar refractivity (Wildman–Crippen MR) is 50.1 cm³/mol. The number of nitrogens with zero attached hydrogens (tertiary/aromatic N) is 1. The average Bonchev–Trinajstić information content (AvgIpc) is 2.15. The number of rotatable bonds is 3. The molecule has 1 rings (SSSR count). The van der Waals surface area contributed by atoms with E-state index in [0.29, 0.717) is 0 Å². The highest BCUT2D eigenvalue weighted by molar-refractivity contribution is 6.29. The molecule has 1 aromatic rings. The monoisotopic (exact) mass is 253 g/mol. The zero-order chi connectivity index (χ0) is 12.3. The molecule has 0 unspecified atom stereocenters. The molecule has 0 N–H and O–H groups in total. The van der Waals surface area contributed by atoms with Gasteiger partial charge < -0.3 is 4.74 Å². The number of carbonyl (C=O) groups is 1. The minimum Gasteiger partial charge on any atom is -0.462 e. The minimum atomic E-state index is -3.16. The largest absolute Gasteiger partial charge is 0.462 e. The fourth-order valence-electron chi connectivity index (χ4n) is 1.08. The van der Waals surface area contributed by atoms with Gasteiger partial charge >= 0.3 is 5.97 Å². The number of alkyl halides is 2. The lowest BCUT2D eigenvalue weighted by Crippen LogP contribution is -2.11. The van der Waals surface area contributed by atoms with Crippen LogP contribution in [0.25, 0.3) is 0 Å². The third kappa shape index (κ3) is 2.63. The summed E-state index contributed by atoms with van der Waals surface area (Å²) in [5.41, 5.74) is -1.70. The van der Waals surface area contributed by atoms with E-state index in [1.165, 1.54) is 6.92 Å². The number of hydrogen-bond donors (Lipinski definition) is 0. The summed E-state index contributed by atoms with van der Waals surface area (Å²) in [4.78, 5) is 14.3. The Kier molecular flexibility index (Phi) is 4.12. The summed E-state index contributed by atoms with van der Waals surface area (Å²) in [6.07, 6.45) is -3.16. The van der Waals surface area contributed by atoms with Gasteiger partial charge in [-0.3, -0.25) is 0 Å². The molecular weight excluding hydrogens is 247 g/mol. The molecule has 88 valence electrons. The van der Waals surface area contributed by atoms with E-state index in [1.54, 1.807) is 0 Å². The second-order valence-electron chi connectivity index (χ2n) is 2.72. The molecule has 0 aliphatic heterocycles. The van der Waals surface area contributed by atoms with Crippen LogP contribution < -0.4 is 0 Å². The Labute approximate surface area is 94.2 Å². The minimum absolute atomic E-state index is 0.0108. The molecule has 0 aliphatic carbocycles. The molecule has 0 spiro atoms. The van der Waals surface area contributed by atoms with Crippen molar-refractivity contribution in [2.24, 2.45) is 0 Å². The Morgan fingerprint density at radius 1 is 1.62 bits per heavy atom. The summed E-state index contributed by atoms with van der Waals surface area (Å²) in [6.45, 7) is 1.49. The highest BCUT2D eigenvalue weighted by Gasteiger charge is 2.25. The zero-order valence-corrected chi connectivity index (χ0v) is 8.89. The third-order valence-electron chi connectivity index (χ3n) is 1.69. The second-order valence-corrected chi connectivity index (χ2v) is 3.11. The van der Waals surface area contributed by atoms with Crippen molar-refractivity contribution < 1.29 is 22.7 Å².